The SMILES string of the molecule is COc1cccc(CCCC(=O)O)c1N(C)C(=O)c1ccc(Cl)c(-c2cnc(C(F)(F)F)cc2C#N)c1. The van der Waals surface area contributed by atoms with E-state index in [0.717, 1.165) is 6.20 Å². The molecule has 0 aliphatic rings. The summed E-state index contributed by atoms with van der Waals surface area (Å²) in [6.07, 6.45) is -3.14. The minimum absolute atomic E-state index is 0.0444. The molecule has 1 heterocycles. The standard InChI is InChI=1S/C26H21ClF3N3O4/c1-33(24-15(6-4-8-23(34)35)5-3-7-21(24)37-2)25(36)16-9-10-20(27)18(11-16)19-14-32-22(26(28,29)30)12-17(19)13-31/h3,5,7,9-12,14H,4,6,8H2,1-2H3,(H,34,35). The lowest BCUT2D eigenvalue weighted by Crippen LogP contribution is -2.28. The Morgan fingerprint density at radius 1 is 1.19 bits per heavy atom. The van der Waals surface area contributed by atoms with Crippen molar-refractivity contribution in [1.29, 1.82) is 5.26 Å². The normalized spacial score (nSPS) is 11.1. The van der Waals surface area contributed by atoms with Gasteiger partial charge < -0.3 is 14.7 Å². The zero-order chi connectivity index (χ0) is 27.3. The van der Waals surface area contributed by atoms with Crippen LogP contribution in [0.1, 0.15) is 40.0 Å². The molecule has 11 heteroatoms. The second kappa shape index (κ2) is 11.3. The van der Waals surface area contributed by atoms with Crippen LogP contribution in [0, 0.1) is 11.3 Å². The first-order valence-corrected chi connectivity index (χ1v) is 11.3. The lowest BCUT2D eigenvalue weighted by molar-refractivity contribution is -0.141. The number of aliphatic carboxylic acids is 1. The molecule has 0 aliphatic heterocycles. The van der Waals surface area contributed by atoms with Crippen LogP contribution >= 0.6 is 11.6 Å². The summed E-state index contributed by atoms with van der Waals surface area (Å²) < 4.78 is 44.6. The fourth-order valence-corrected chi connectivity index (χ4v) is 4.04. The van der Waals surface area contributed by atoms with Gasteiger partial charge in [-0.05, 0) is 48.7 Å². The van der Waals surface area contributed by atoms with Gasteiger partial charge in [-0.15, -0.1) is 0 Å². The van der Waals surface area contributed by atoms with Crippen molar-refractivity contribution in [2.75, 3.05) is 19.1 Å². The summed E-state index contributed by atoms with van der Waals surface area (Å²) in [5.74, 6) is -1.02. The molecule has 7 nitrogen and oxygen atoms in total. The number of alkyl halides is 3. The van der Waals surface area contributed by atoms with Gasteiger partial charge in [0.15, 0.2) is 0 Å². The average Bonchev–Trinajstić information content (AvgIpc) is 2.86. The molecule has 0 spiro atoms. The van der Waals surface area contributed by atoms with Crippen LogP contribution in [0.15, 0.2) is 48.7 Å². The average molecular weight is 532 g/mol. The number of anilines is 1. The maximum absolute atomic E-state index is 13.5. The number of pyridine rings is 1. The second-order valence-corrected chi connectivity index (χ2v) is 8.41. The number of carboxylic acids is 1. The molecule has 1 aromatic heterocycles. The van der Waals surface area contributed by atoms with Gasteiger partial charge in [-0.25, -0.2) is 0 Å². The first-order chi connectivity index (χ1) is 17.5. The highest BCUT2D eigenvalue weighted by atomic mass is 35.5. The number of ether oxygens (including phenoxy) is 1. The third-order valence-corrected chi connectivity index (χ3v) is 5.93. The molecule has 1 amide bonds. The number of aryl methyl sites for hydroxylation is 1. The largest absolute Gasteiger partial charge is 0.495 e. The molecular formula is C26H21ClF3N3O4. The summed E-state index contributed by atoms with van der Waals surface area (Å²) >= 11 is 6.29. The summed E-state index contributed by atoms with van der Waals surface area (Å²) in [7, 11) is 2.97. The second-order valence-electron chi connectivity index (χ2n) is 8.00. The fourth-order valence-electron chi connectivity index (χ4n) is 3.82. The third-order valence-electron chi connectivity index (χ3n) is 5.60. The number of aromatic nitrogens is 1. The number of carbonyl (C=O) groups excluding carboxylic acids is 1. The van der Waals surface area contributed by atoms with Gasteiger partial charge in [0.1, 0.15) is 11.4 Å². The molecule has 0 bridgehead atoms. The summed E-state index contributed by atoms with van der Waals surface area (Å²) in [6, 6.07) is 11.8. The first kappa shape index (κ1) is 27.5. The smallest absolute Gasteiger partial charge is 0.433 e. The maximum Gasteiger partial charge on any atom is 0.433 e. The van der Waals surface area contributed by atoms with Gasteiger partial charge in [-0.3, -0.25) is 14.6 Å². The molecule has 0 saturated heterocycles. The van der Waals surface area contributed by atoms with Gasteiger partial charge >= 0.3 is 12.1 Å². The lowest BCUT2D eigenvalue weighted by Gasteiger charge is -2.24. The van der Waals surface area contributed by atoms with Crippen LogP contribution in [0.5, 0.6) is 5.75 Å². The van der Waals surface area contributed by atoms with E-state index in [9.17, 15) is 28.0 Å². The van der Waals surface area contributed by atoms with Crippen molar-refractivity contribution in [3.63, 3.8) is 0 Å². The quantitative estimate of drug-likeness (QED) is 0.383. The highest BCUT2D eigenvalue weighted by molar-refractivity contribution is 6.33. The molecule has 1 N–H and O–H groups in total. The minimum atomic E-state index is -4.73. The molecule has 37 heavy (non-hydrogen) atoms. The minimum Gasteiger partial charge on any atom is -0.495 e. The zero-order valence-electron chi connectivity index (χ0n) is 19.8. The Bertz CT molecular complexity index is 1390. The molecule has 0 radical (unpaired) electrons. The van der Waals surface area contributed by atoms with Crippen LogP contribution < -0.4 is 9.64 Å². The predicted octanol–water partition coefficient (Wildman–Crippen LogP) is 5.98. The Hall–Kier alpha value is -4.10. The Labute approximate surface area is 215 Å². The van der Waals surface area contributed by atoms with Crippen LogP contribution in [0.25, 0.3) is 11.1 Å². The van der Waals surface area contributed by atoms with Crippen LogP contribution in [-0.4, -0.2) is 36.1 Å². The number of methoxy groups -OCH3 is 1. The van der Waals surface area contributed by atoms with E-state index in [-0.39, 0.29) is 33.7 Å². The van der Waals surface area contributed by atoms with Crippen molar-refractivity contribution >= 4 is 29.2 Å². The number of amides is 1. The molecule has 3 aromatic rings. The van der Waals surface area contributed by atoms with Gasteiger partial charge in [-0.2, -0.15) is 18.4 Å². The fraction of sp³-hybridized carbons (Fsp3) is 0.231. The number of carbonyl (C=O) groups is 2. The summed E-state index contributed by atoms with van der Waals surface area (Å²) in [4.78, 5) is 29.2. The number of rotatable bonds is 8. The highest BCUT2D eigenvalue weighted by Gasteiger charge is 2.33. The first-order valence-electron chi connectivity index (χ1n) is 10.9. The van der Waals surface area contributed by atoms with Gasteiger partial charge in [0.2, 0.25) is 0 Å². The van der Waals surface area contributed by atoms with Crippen molar-refractivity contribution in [1.82, 2.24) is 4.98 Å². The number of para-hydroxylation sites is 1. The molecular weight excluding hydrogens is 511 g/mol. The van der Waals surface area contributed by atoms with E-state index in [1.54, 1.807) is 24.3 Å². The molecule has 0 saturated carbocycles. The van der Waals surface area contributed by atoms with Crippen LogP contribution in [0.2, 0.25) is 5.02 Å². The summed E-state index contributed by atoms with van der Waals surface area (Å²) in [6.45, 7) is 0. The molecule has 0 atom stereocenters. The molecule has 192 valence electrons. The van der Waals surface area contributed by atoms with Crippen molar-refractivity contribution in [2.45, 2.75) is 25.4 Å². The van der Waals surface area contributed by atoms with Gasteiger partial charge in [0.05, 0.1) is 24.4 Å². The number of halogens is 4. The molecule has 0 unspecified atom stereocenters. The van der Waals surface area contributed by atoms with Crippen molar-refractivity contribution in [3.05, 3.63) is 76.1 Å². The van der Waals surface area contributed by atoms with Crippen molar-refractivity contribution in [3.8, 4) is 22.9 Å². The number of hydrogen-bond donors (Lipinski definition) is 1. The van der Waals surface area contributed by atoms with E-state index in [0.29, 0.717) is 35.9 Å². The van der Waals surface area contributed by atoms with E-state index in [4.69, 9.17) is 21.4 Å². The van der Waals surface area contributed by atoms with Gasteiger partial charge in [0, 0.05) is 41.4 Å². The molecule has 2 aromatic carbocycles. The number of carboxylic acid groups (broad SMARTS) is 1. The number of nitriles is 1. The van der Waals surface area contributed by atoms with E-state index in [1.807, 2.05) is 0 Å². The zero-order valence-corrected chi connectivity index (χ0v) is 20.5. The van der Waals surface area contributed by atoms with Crippen LogP contribution in [-0.2, 0) is 17.4 Å². The number of hydrogen-bond acceptors (Lipinski definition) is 5. The summed E-state index contributed by atoms with van der Waals surface area (Å²) in [5, 5.41) is 18.5. The van der Waals surface area contributed by atoms with E-state index in [1.165, 1.54) is 37.3 Å². The molecule has 0 aliphatic carbocycles. The van der Waals surface area contributed by atoms with Crippen LogP contribution in [0.3, 0.4) is 0 Å². The third kappa shape index (κ3) is 6.19. The van der Waals surface area contributed by atoms with Gasteiger partial charge in [0.25, 0.3) is 5.91 Å². The maximum atomic E-state index is 13.5. The topological polar surface area (TPSA) is 104 Å². The van der Waals surface area contributed by atoms with Crippen molar-refractivity contribution < 1.29 is 32.6 Å². The Kier molecular flexibility index (Phi) is 8.40. The van der Waals surface area contributed by atoms with Gasteiger partial charge in [-0.1, -0.05) is 23.7 Å². The number of benzene rings is 2. The van der Waals surface area contributed by atoms with E-state index < -0.39 is 23.7 Å². The highest BCUT2D eigenvalue weighted by Crippen LogP contribution is 2.36. The summed E-state index contributed by atoms with van der Waals surface area (Å²) in [5.41, 5.74) is -0.0109. The Morgan fingerprint density at radius 2 is 1.92 bits per heavy atom. The van der Waals surface area contributed by atoms with Crippen LogP contribution in [0.4, 0.5) is 18.9 Å². The predicted molar refractivity (Wildman–Crippen MR) is 131 cm³/mol. The van der Waals surface area contributed by atoms with E-state index >= 15 is 0 Å². The molecule has 0 fully saturated rings. The Balaban J connectivity index is 2.02. The number of nitrogens with zero attached hydrogens (tertiary/aromatic N) is 3. The van der Waals surface area contributed by atoms with Crippen molar-refractivity contribution in [2.24, 2.45) is 0 Å². The Morgan fingerprint density at radius 3 is 2.54 bits per heavy atom. The molecule has 3 rings (SSSR count). The monoisotopic (exact) mass is 531 g/mol. The lowest BCUT2D eigenvalue weighted by atomic mass is 9.99. The van der Waals surface area contributed by atoms with E-state index in [2.05, 4.69) is 4.98 Å².